The first-order valence-corrected chi connectivity index (χ1v) is 8.90. The first-order chi connectivity index (χ1) is 13.7. The van der Waals surface area contributed by atoms with Crippen LogP contribution >= 0.6 is 0 Å². The minimum atomic E-state index is -4.52. The average Bonchev–Trinajstić information content (AvgIpc) is 3.37. The number of rotatable bonds is 5. The molecule has 1 aliphatic carbocycles. The molecule has 3 aromatic heterocycles. The predicted molar refractivity (Wildman–Crippen MR) is 101 cm³/mol. The molecule has 152 valence electrons. The standard InChI is InChI=1S/C18H18F3N7O/c1-27(2)15-12(4-3-7-22-15)16(29)25-17-24-14-9-10(18(19,20)21)8-13(28(14)26-17)23-11-5-6-11/h3-4,7-9,11,23H,5-6H2,1-2H3,(H,25,26,29). The Morgan fingerprint density at radius 1 is 1.28 bits per heavy atom. The fraction of sp³-hybridized carbons (Fsp3) is 0.333. The van der Waals surface area contributed by atoms with E-state index in [0.29, 0.717) is 11.4 Å². The fourth-order valence-corrected chi connectivity index (χ4v) is 2.84. The van der Waals surface area contributed by atoms with Crippen LogP contribution in [0.5, 0.6) is 0 Å². The zero-order valence-corrected chi connectivity index (χ0v) is 15.7. The van der Waals surface area contributed by atoms with E-state index in [9.17, 15) is 18.0 Å². The summed E-state index contributed by atoms with van der Waals surface area (Å²) in [4.78, 5) is 22.6. The van der Waals surface area contributed by atoms with Crippen LogP contribution in [0.15, 0.2) is 30.5 Å². The quantitative estimate of drug-likeness (QED) is 0.679. The van der Waals surface area contributed by atoms with Gasteiger partial charge in [-0.3, -0.25) is 10.1 Å². The number of aromatic nitrogens is 4. The third kappa shape index (κ3) is 3.93. The molecule has 0 spiro atoms. The number of hydrogen-bond acceptors (Lipinski definition) is 6. The van der Waals surface area contributed by atoms with Gasteiger partial charge in [-0.15, -0.1) is 5.10 Å². The fourth-order valence-electron chi connectivity index (χ4n) is 2.84. The molecule has 3 heterocycles. The van der Waals surface area contributed by atoms with Crippen LogP contribution in [-0.4, -0.2) is 45.6 Å². The third-order valence-corrected chi connectivity index (χ3v) is 4.37. The molecule has 0 atom stereocenters. The monoisotopic (exact) mass is 405 g/mol. The van der Waals surface area contributed by atoms with Crippen LogP contribution in [0, 0.1) is 0 Å². The van der Waals surface area contributed by atoms with Gasteiger partial charge in [0.25, 0.3) is 5.91 Å². The van der Waals surface area contributed by atoms with E-state index in [-0.39, 0.29) is 23.5 Å². The molecule has 0 bridgehead atoms. The van der Waals surface area contributed by atoms with E-state index >= 15 is 0 Å². The molecule has 8 nitrogen and oxygen atoms in total. The Labute approximate surface area is 163 Å². The van der Waals surface area contributed by atoms with E-state index in [0.717, 1.165) is 25.0 Å². The molecule has 29 heavy (non-hydrogen) atoms. The number of carbonyl (C=O) groups excluding carboxylic acids is 1. The summed E-state index contributed by atoms with van der Waals surface area (Å²) in [6.07, 6.45) is -1.20. The lowest BCUT2D eigenvalue weighted by Crippen LogP contribution is -2.20. The van der Waals surface area contributed by atoms with Crippen LogP contribution in [0.1, 0.15) is 28.8 Å². The van der Waals surface area contributed by atoms with Gasteiger partial charge in [0, 0.05) is 26.3 Å². The maximum Gasteiger partial charge on any atom is 0.416 e. The number of halogens is 3. The maximum atomic E-state index is 13.2. The largest absolute Gasteiger partial charge is 0.416 e. The van der Waals surface area contributed by atoms with Gasteiger partial charge >= 0.3 is 6.18 Å². The molecular formula is C18H18F3N7O. The van der Waals surface area contributed by atoms with Gasteiger partial charge in [0.15, 0.2) is 5.65 Å². The molecule has 0 aromatic carbocycles. The molecule has 0 saturated heterocycles. The van der Waals surface area contributed by atoms with Gasteiger partial charge in [-0.2, -0.15) is 22.7 Å². The normalized spacial score (nSPS) is 14.1. The number of carbonyl (C=O) groups is 1. The van der Waals surface area contributed by atoms with Crippen molar-refractivity contribution in [2.75, 3.05) is 29.6 Å². The highest BCUT2D eigenvalue weighted by atomic mass is 19.4. The smallest absolute Gasteiger partial charge is 0.367 e. The van der Waals surface area contributed by atoms with E-state index < -0.39 is 17.6 Å². The molecule has 1 aliphatic rings. The lowest BCUT2D eigenvalue weighted by Gasteiger charge is -2.14. The van der Waals surface area contributed by atoms with Crippen LogP contribution in [0.3, 0.4) is 0 Å². The molecule has 1 saturated carbocycles. The Bertz CT molecular complexity index is 1070. The number of hydrogen-bond donors (Lipinski definition) is 2. The van der Waals surface area contributed by atoms with Crippen molar-refractivity contribution in [1.82, 2.24) is 19.6 Å². The molecular weight excluding hydrogens is 387 g/mol. The lowest BCUT2D eigenvalue weighted by atomic mass is 10.2. The van der Waals surface area contributed by atoms with Crippen molar-refractivity contribution in [3.8, 4) is 0 Å². The summed E-state index contributed by atoms with van der Waals surface area (Å²) in [7, 11) is 3.49. The van der Waals surface area contributed by atoms with Gasteiger partial charge in [0.2, 0.25) is 5.95 Å². The molecule has 3 aromatic rings. The van der Waals surface area contributed by atoms with Crippen molar-refractivity contribution >= 4 is 29.1 Å². The maximum absolute atomic E-state index is 13.2. The molecule has 4 rings (SSSR count). The van der Waals surface area contributed by atoms with Gasteiger partial charge in [0.1, 0.15) is 11.6 Å². The van der Waals surface area contributed by atoms with Crippen LogP contribution in [0.2, 0.25) is 0 Å². The summed E-state index contributed by atoms with van der Waals surface area (Å²) in [6.45, 7) is 0. The molecule has 0 radical (unpaired) electrons. The SMILES string of the molecule is CN(C)c1ncccc1C(=O)Nc1nc2cc(C(F)(F)F)cc(NC3CC3)n2n1. The summed E-state index contributed by atoms with van der Waals surface area (Å²) in [5.74, 6) is 0.0251. The first kappa shape index (κ1) is 19.0. The number of nitrogens with one attached hydrogen (secondary N) is 2. The van der Waals surface area contributed by atoms with Crippen molar-refractivity contribution in [3.63, 3.8) is 0 Å². The molecule has 1 fully saturated rings. The third-order valence-electron chi connectivity index (χ3n) is 4.37. The molecule has 11 heteroatoms. The second kappa shape index (κ2) is 6.90. The van der Waals surface area contributed by atoms with E-state index in [1.807, 2.05) is 0 Å². The van der Waals surface area contributed by atoms with Crippen molar-refractivity contribution in [2.45, 2.75) is 25.1 Å². The lowest BCUT2D eigenvalue weighted by molar-refractivity contribution is -0.137. The minimum absolute atomic E-state index is 0.0164. The van der Waals surface area contributed by atoms with E-state index in [4.69, 9.17) is 0 Å². The zero-order chi connectivity index (χ0) is 20.8. The predicted octanol–water partition coefficient (Wildman–Crippen LogP) is 3.04. The number of pyridine rings is 2. The molecule has 0 aliphatic heterocycles. The van der Waals surface area contributed by atoms with Gasteiger partial charge in [0.05, 0.1) is 11.1 Å². The summed E-state index contributed by atoms with van der Waals surface area (Å²) < 4.78 is 41.0. The summed E-state index contributed by atoms with van der Waals surface area (Å²) in [6, 6.07) is 5.22. The highest BCUT2D eigenvalue weighted by molar-refractivity contribution is 6.06. The Hall–Kier alpha value is -3.37. The van der Waals surface area contributed by atoms with Gasteiger partial charge in [-0.05, 0) is 37.1 Å². The second-order valence-electron chi connectivity index (χ2n) is 6.97. The Kier molecular flexibility index (Phi) is 4.52. The summed E-state index contributed by atoms with van der Waals surface area (Å²) in [5.41, 5.74) is -0.554. The Morgan fingerprint density at radius 2 is 2.03 bits per heavy atom. The average molecular weight is 405 g/mol. The highest BCUT2D eigenvalue weighted by Gasteiger charge is 2.33. The first-order valence-electron chi connectivity index (χ1n) is 8.90. The highest BCUT2D eigenvalue weighted by Crippen LogP contribution is 2.33. The van der Waals surface area contributed by atoms with Crippen molar-refractivity contribution in [1.29, 1.82) is 0 Å². The van der Waals surface area contributed by atoms with Gasteiger partial charge in [-0.1, -0.05) is 0 Å². The van der Waals surface area contributed by atoms with Crippen LogP contribution in [-0.2, 0) is 6.18 Å². The van der Waals surface area contributed by atoms with E-state index in [2.05, 4.69) is 25.7 Å². The number of fused-ring (bicyclic) bond motifs is 1. The number of anilines is 3. The Balaban J connectivity index is 1.69. The van der Waals surface area contributed by atoms with Gasteiger partial charge in [-0.25, -0.2) is 4.98 Å². The summed E-state index contributed by atoms with van der Waals surface area (Å²) >= 11 is 0. The zero-order valence-electron chi connectivity index (χ0n) is 15.7. The summed E-state index contributed by atoms with van der Waals surface area (Å²) in [5, 5.41) is 9.73. The Morgan fingerprint density at radius 3 is 2.69 bits per heavy atom. The topological polar surface area (TPSA) is 87.5 Å². The van der Waals surface area contributed by atoms with Crippen molar-refractivity contribution in [2.24, 2.45) is 0 Å². The number of alkyl halides is 3. The minimum Gasteiger partial charge on any atom is -0.367 e. The van der Waals surface area contributed by atoms with E-state index in [1.54, 1.807) is 37.3 Å². The number of nitrogens with zero attached hydrogens (tertiary/aromatic N) is 5. The van der Waals surface area contributed by atoms with Crippen LogP contribution in [0.4, 0.5) is 30.8 Å². The van der Waals surface area contributed by atoms with Crippen LogP contribution in [0.25, 0.3) is 5.65 Å². The van der Waals surface area contributed by atoms with E-state index in [1.165, 1.54) is 4.52 Å². The van der Waals surface area contributed by atoms with Gasteiger partial charge < -0.3 is 10.2 Å². The molecule has 0 unspecified atom stereocenters. The molecule has 2 N–H and O–H groups in total. The van der Waals surface area contributed by atoms with Crippen LogP contribution < -0.4 is 15.5 Å². The molecule has 1 amide bonds. The van der Waals surface area contributed by atoms with Crippen molar-refractivity contribution in [3.05, 3.63) is 41.6 Å². The second-order valence-corrected chi connectivity index (χ2v) is 6.97. The van der Waals surface area contributed by atoms with Crippen molar-refractivity contribution < 1.29 is 18.0 Å². The number of amides is 1.